The zero-order chi connectivity index (χ0) is 28.4. The molecule has 39 heavy (non-hydrogen) atoms. The van der Waals surface area contributed by atoms with Crippen LogP contribution in [0.4, 0.5) is 36.7 Å². The van der Waals surface area contributed by atoms with Crippen LogP contribution in [-0.4, -0.2) is 43.3 Å². The molecule has 0 saturated carbocycles. The lowest BCUT2D eigenvalue weighted by molar-refractivity contribution is -0.348. The maximum absolute atomic E-state index is 14.9. The summed E-state index contributed by atoms with van der Waals surface area (Å²) in [6.45, 7) is 0.164. The SMILES string of the molecule is O=S(=O)(c1ccc(I)cc1)[C@@]12CCN(c3ncccn3)[C@@H]1CCc1cc(C(F)(C(F)(F)F)C(F)(F)F)ccc12. The van der Waals surface area contributed by atoms with Crippen molar-refractivity contribution in [1.29, 1.82) is 0 Å². The second-order valence-corrected chi connectivity index (χ2v) is 12.9. The molecule has 0 bridgehead atoms. The molecule has 0 radical (unpaired) electrons. The summed E-state index contributed by atoms with van der Waals surface area (Å²) in [4.78, 5) is 10.1. The van der Waals surface area contributed by atoms with Crippen molar-refractivity contribution < 1.29 is 39.2 Å². The van der Waals surface area contributed by atoms with E-state index in [2.05, 4.69) is 9.97 Å². The zero-order valence-corrected chi connectivity index (χ0v) is 22.7. The number of sulfone groups is 1. The van der Waals surface area contributed by atoms with Gasteiger partial charge in [0.2, 0.25) is 5.95 Å². The number of alkyl halides is 7. The van der Waals surface area contributed by atoms with E-state index in [9.17, 15) is 39.2 Å². The van der Waals surface area contributed by atoms with E-state index in [-0.39, 0.29) is 47.8 Å². The highest BCUT2D eigenvalue weighted by atomic mass is 127. The van der Waals surface area contributed by atoms with Gasteiger partial charge in [0.25, 0.3) is 0 Å². The Hall–Kier alpha value is -2.49. The van der Waals surface area contributed by atoms with E-state index < -0.39 is 44.2 Å². The van der Waals surface area contributed by atoms with Crippen LogP contribution in [0.3, 0.4) is 0 Å². The van der Waals surface area contributed by atoms with E-state index in [0.29, 0.717) is 12.1 Å². The summed E-state index contributed by atoms with van der Waals surface area (Å²) < 4.78 is 123. The smallest absolute Gasteiger partial charge is 0.336 e. The van der Waals surface area contributed by atoms with Gasteiger partial charge in [-0.15, -0.1) is 0 Å². The van der Waals surface area contributed by atoms with Gasteiger partial charge in [-0.05, 0) is 83.3 Å². The Morgan fingerprint density at radius 1 is 0.923 bits per heavy atom. The first kappa shape index (κ1) is 28.1. The first-order valence-electron chi connectivity index (χ1n) is 11.6. The molecule has 1 saturated heterocycles. The van der Waals surface area contributed by atoms with Crippen molar-refractivity contribution in [3.63, 3.8) is 0 Å². The Bertz CT molecular complexity index is 1480. The number of anilines is 1. The van der Waals surface area contributed by atoms with Crippen molar-refractivity contribution in [3.8, 4) is 0 Å². The molecule has 5 rings (SSSR count). The number of nitrogens with zero attached hydrogens (tertiary/aromatic N) is 3. The third-order valence-corrected chi connectivity index (χ3v) is 10.7. The molecule has 2 atom stereocenters. The van der Waals surface area contributed by atoms with Gasteiger partial charge < -0.3 is 4.90 Å². The Kier molecular flexibility index (Phi) is 6.67. The number of aromatic nitrogens is 2. The van der Waals surface area contributed by atoms with Gasteiger partial charge in [0, 0.05) is 28.1 Å². The quantitative estimate of drug-likeness (QED) is 0.240. The summed E-state index contributed by atoms with van der Waals surface area (Å²) in [5, 5.41) is 0. The van der Waals surface area contributed by atoms with Gasteiger partial charge in [-0.2, -0.15) is 26.3 Å². The van der Waals surface area contributed by atoms with Crippen LogP contribution in [0.2, 0.25) is 0 Å². The number of hydrogen-bond acceptors (Lipinski definition) is 5. The second kappa shape index (κ2) is 9.28. The predicted octanol–water partition coefficient (Wildman–Crippen LogP) is 6.26. The first-order valence-corrected chi connectivity index (χ1v) is 14.2. The molecule has 0 amide bonds. The first-order chi connectivity index (χ1) is 18.1. The van der Waals surface area contributed by atoms with E-state index in [1.165, 1.54) is 24.5 Å². The highest BCUT2D eigenvalue weighted by Crippen LogP contribution is 2.56. The number of halogens is 8. The topological polar surface area (TPSA) is 63.2 Å². The summed E-state index contributed by atoms with van der Waals surface area (Å²) in [7, 11) is -4.28. The summed E-state index contributed by atoms with van der Waals surface area (Å²) in [6, 6.07) is 8.61. The van der Waals surface area contributed by atoms with Crippen LogP contribution in [-0.2, 0) is 26.7 Å². The molecule has 1 aliphatic carbocycles. The van der Waals surface area contributed by atoms with Crippen molar-refractivity contribution in [1.82, 2.24) is 9.97 Å². The summed E-state index contributed by atoms with van der Waals surface area (Å²) in [6.07, 6.45) is -9.66. The molecule has 0 spiro atoms. The van der Waals surface area contributed by atoms with Crippen molar-refractivity contribution in [2.24, 2.45) is 0 Å². The third-order valence-electron chi connectivity index (χ3n) is 7.48. The van der Waals surface area contributed by atoms with E-state index in [1.807, 2.05) is 22.6 Å². The number of benzene rings is 2. The van der Waals surface area contributed by atoms with E-state index in [1.54, 1.807) is 23.1 Å². The van der Waals surface area contributed by atoms with Gasteiger partial charge in [-0.25, -0.2) is 22.8 Å². The standard InChI is InChI=1S/C25H19F7IN3O2S/c26-23(24(27,28)29,25(30,31)32)16-3-8-19-15(14-16)2-9-20-22(19,10-13-36(20)21-34-11-1-12-35-21)39(37,38)18-6-4-17(33)5-7-18/h1,3-8,11-12,14,20H,2,9-10,13H2/t20-,22-/m1/s1. The molecule has 2 aliphatic rings. The van der Waals surface area contributed by atoms with Crippen molar-refractivity contribution in [2.45, 2.75) is 53.0 Å². The molecule has 2 heterocycles. The number of fused-ring (bicyclic) bond motifs is 3. The fraction of sp³-hybridized carbons (Fsp3) is 0.360. The van der Waals surface area contributed by atoms with Crippen LogP contribution >= 0.6 is 22.6 Å². The second-order valence-electron chi connectivity index (χ2n) is 9.42. The highest BCUT2D eigenvalue weighted by Gasteiger charge is 2.73. The molecule has 0 unspecified atom stereocenters. The van der Waals surface area contributed by atoms with Gasteiger partial charge in [-0.1, -0.05) is 18.2 Å². The average molecular weight is 685 g/mol. The molecule has 1 fully saturated rings. The van der Waals surface area contributed by atoms with Gasteiger partial charge >= 0.3 is 18.0 Å². The number of aryl methyl sites for hydroxylation is 1. The summed E-state index contributed by atoms with van der Waals surface area (Å²) >= 11 is 2.00. The molecular weight excluding hydrogens is 666 g/mol. The van der Waals surface area contributed by atoms with Crippen molar-refractivity contribution in [3.05, 3.63) is 81.2 Å². The van der Waals surface area contributed by atoms with Gasteiger partial charge in [-0.3, -0.25) is 0 Å². The lowest BCUT2D eigenvalue weighted by Gasteiger charge is -2.43. The molecule has 1 aliphatic heterocycles. The fourth-order valence-electron chi connectivity index (χ4n) is 5.73. The zero-order valence-electron chi connectivity index (χ0n) is 19.8. The van der Waals surface area contributed by atoms with Gasteiger partial charge in [0.15, 0.2) is 9.84 Å². The van der Waals surface area contributed by atoms with Crippen LogP contribution in [0.1, 0.15) is 29.5 Å². The maximum atomic E-state index is 14.9. The predicted molar refractivity (Wildman–Crippen MR) is 135 cm³/mol. The molecule has 2 aromatic carbocycles. The van der Waals surface area contributed by atoms with Gasteiger partial charge in [0.1, 0.15) is 4.75 Å². The van der Waals surface area contributed by atoms with Gasteiger partial charge in [0.05, 0.1) is 10.9 Å². The summed E-state index contributed by atoms with van der Waals surface area (Å²) in [5.74, 6) is 0.249. The number of rotatable bonds is 4. The minimum Gasteiger partial charge on any atom is -0.336 e. The van der Waals surface area contributed by atoms with Crippen LogP contribution in [0.25, 0.3) is 0 Å². The van der Waals surface area contributed by atoms with Crippen molar-refractivity contribution >= 4 is 38.4 Å². The van der Waals surface area contributed by atoms with E-state index in [0.717, 1.165) is 9.64 Å². The molecule has 208 valence electrons. The molecule has 0 N–H and O–H groups in total. The Balaban J connectivity index is 1.73. The minimum absolute atomic E-state index is 0.0318. The Morgan fingerprint density at radius 2 is 1.54 bits per heavy atom. The molecule has 3 aromatic rings. The van der Waals surface area contributed by atoms with E-state index in [4.69, 9.17) is 0 Å². The van der Waals surface area contributed by atoms with Crippen LogP contribution in [0, 0.1) is 3.57 Å². The minimum atomic E-state index is -6.28. The molecule has 1 aromatic heterocycles. The van der Waals surface area contributed by atoms with Crippen LogP contribution in [0.15, 0.2) is 65.8 Å². The highest BCUT2D eigenvalue weighted by molar-refractivity contribution is 14.1. The molecular formula is C25H19F7IN3O2S. The summed E-state index contributed by atoms with van der Waals surface area (Å²) in [5.41, 5.74) is -7.29. The molecule has 5 nitrogen and oxygen atoms in total. The Labute approximate surface area is 232 Å². The van der Waals surface area contributed by atoms with Crippen LogP contribution in [0.5, 0.6) is 0 Å². The normalized spacial score (nSPS) is 21.9. The monoisotopic (exact) mass is 685 g/mol. The fourth-order valence-corrected chi connectivity index (χ4v) is 8.46. The lowest BCUT2D eigenvalue weighted by atomic mass is 9.77. The third kappa shape index (κ3) is 4.11. The number of hydrogen-bond donors (Lipinski definition) is 0. The average Bonchev–Trinajstić information content (AvgIpc) is 3.29. The maximum Gasteiger partial charge on any atom is 0.435 e. The van der Waals surface area contributed by atoms with E-state index >= 15 is 0 Å². The Morgan fingerprint density at radius 3 is 2.13 bits per heavy atom. The van der Waals surface area contributed by atoms with Crippen molar-refractivity contribution in [2.75, 3.05) is 11.4 Å². The lowest BCUT2D eigenvalue weighted by Crippen LogP contribution is -2.52. The molecule has 14 heteroatoms. The van der Waals surface area contributed by atoms with Crippen LogP contribution < -0.4 is 4.90 Å². The largest absolute Gasteiger partial charge is 0.435 e.